The fraction of sp³-hybridized carbons (Fsp3) is 0.500. The number of nitriles is 1. The summed E-state index contributed by atoms with van der Waals surface area (Å²) < 4.78 is 1.96. The van der Waals surface area contributed by atoms with Crippen LogP contribution in [-0.4, -0.2) is 39.1 Å². The van der Waals surface area contributed by atoms with Gasteiger partial charge in [0, 0.05) is 19.3 Å². The summed E-state index contributed by atoms with van der Waals surface area (Å²) in [6, 6.07) is 5.79. The van der Waals surface area contributed by atoms with Gasteiger partial charge in [-0.2, -0.15) is 5.26 Å². The molecule has 2 aromatic rings. The van der Waals surface area contributed by atoms with Crippen molar-refractivity contribution in [1.82, 2.24) is 14.3 Å². The van der Waals surface area contributed by atoms with Crippen molar-refractivity contribution in [2.24, 2.45) is 0 Å². The van der Waals surface area contributed by atoms with Crippen molar-refractivity contribution in [2.45, 2.75) is 32.7 Å². The van der Waals surface area contributed by atoms with Crippen LogP contribution in [0.4, 0.5) is 0 Å². The summed E-state index contributed by atoms with van der Waals surface area (Å²) in [7, 11) is 0. The molecule has 0 radical (unpaired) electrons. The number of rotatable bonds is 8. The Morgan fingerprint density at radius 1 is 1.33 bits per heavy atom. The third-order valence-electron chi connectivity index (χ3n) is 3.59. The van der Waals surface area contributed by atoms with Gasteiger partial charge in [0.05, 0.1) is 24.1 Å². The molecule has 2 heterocycles. The molecule has 5 heteroatoms. The lowest BCUT2D eigenvalue weighted by molar-refractivity contribution is 0.186. The summed E-state index contributed by atoms with van der Waals surface area (Å²) in [5.74, 6) is 0. The Morgan fingerprint density at radius 3 is 2.90 bits per heavy atom. The SMILES string of the molecule is CCCCCN(CCO)Cc1cnc2ccc(C#N)cn12. The Kier molecular flexibility index (Phi) is 5.73. The van der Waals surface area contributed by atoms with Gasteiger partial charge in [-0.15, -0.1) is 0 Å². The number of fused-ring (bicyclic) bond motifs is 1. The van der Waals surface area contributed by atoms with Crippen LogP contribution in [0.2, 0.25) is 0 Å². The van der Waals surface area contributed by atoms with E-state index in [0.717, 1.165) is 30.9 Å². The predicted octanol–water partition coefficient (Wildman–Crippen LogP) is 2.19. The topological polar surface area (TPSA) is 64.6 Å². The molecular formula is C16H22N4O. The average molecular weight is 286 g/mol. The summed E-state index contributed by atoms with van der Waals surface area (Å²) in [4.78, 5) is 6.60. The highest BCUT2D eigenvalue weighted by Crippen LogP contribution is 2.12. The highest BCUT2D eigenvalue weighted by atomic mass is 16.3. The molecule has 0 saturated heterocycles. The van der Waals surface area contributed by atoms with E-state index in [-0.39, 0.29) is 6.61 Å². The average Bonchev–Trinajstić information content (AvgIpc) is 2.90. The molecule has 2 rings (SSSR count). The van der Waals surface area contributed by atoms with Crippen molar-refractivity contribution >= 4 is 5.65 Å². The molecule has 0 spiro atoms. The number of aromatic nitrogens is 2. The number of imidazole rings is 1. The lowest BCUT2D eigenvalue weighted by Gasteiger charge is -2.20. The van der Waals surface area contributed by atoms with Crippen LogP contribution < -0.4 is 0 Å². The van der Waals surface area contributed by atoms with Crippen molar-refractivity contribution in [3.8, 4) is 6.07 Å². The zero-order valence-corrected chi connectivity index (χ0v) is 12.5. The second-order valence-electron chi connectivity index (χ2n) is 5.21. The molecule has 0 saturated carbocycles. The lowest BCUT2D eigenvalue weighted by Crippen LogP contribution is -2.28. The Labute approximate surface area is 125 Å². The number of hydrogen-bond donors (Lipinski definition) is 1. The van der Waals surface area contributed by atoms with Crippen LogP contribution in [0.1, 0.15) is 37.4 Å². The maximum Gasteiger partial charge on any atom is 0.137 e. The summed E-state index contributed by atoms with van der Waals surface area (Å²) in [5.41, 5.74) is 2.52. The normalized spacial score (nSPS) is 11.1. The molecule has 0 aromatic carbocycles. The summed E-state index contributed by atoms with van der Waals surface area (Å²) >= 11 is 0. The minimum atomic E-state index is 0.159. The quantitative estimate of drug-likeness (QED) is 0.756. The molecule has 112 valence electrons. The van der Waals surface area contributed by atoms with Crippen LogP contribution in [0.15, 0.2) is 24.5 Å². The van der Waals surface area contributed by atoms with Gasteiger partial charge in [-0.25, -0.2) is 4.98 Å². The standard InChI is InChI=1S/C16H22N4O/c1-2-3-4-7-19(8-9-21)13-15-11-18-16-6-5-14(10-17)12-20(15)16/h5-6,11-12,21H,2-4,7-9,13H2,1H3. The van der Waals surface area contributed by atoms with Gasteiger partial charge in [0.15, 0.2) is 0 Å². The van der Waals surface area contributed by atoms with Gasteiger partial charge < -0.3 is 9.51 Å². The van der Waals surface area contributed by atoms with E-state index in [9.17, 15) is 5.11 Å². The van der Waals surface area contributed by atoms with Gasteiger partial charge in [0.2, 0.25) is 0 Å². The minimum Gasteiger partial charge on any atom is -0.395 e. The van der Waals surface area contributed by atoms with Gasteiger partial charge in [0.1, 0.15) is 11.7 Å². The molecule has 0 amide bonds. The van der Waals surface area contributed by atoms with Crippen LogP contribution in [0.5, 0.6) is 0 Å². The van der Waals surface area contributed by atoms with Gasteiger partial charge in [-0.1, -0.05) is 19.8 Å². The van der Waals surface area contributed by atoms with E-state index in [2.05, 4.69) is 22.9 Å². The number of nitrogens with zero attached hydrogens (tertiary/aromatic N) is 4. The number of hydrogen-bond acceptors (Lipinski definition) is 4. The molecule has 0 aliphatic rings. The Bertz CT molecular complexity index is 614. The fourth-order valence-corrected chi connectivity index (χ4v) is 2.44. The van der Waals surface area contributed by atoms with Crippen LogP contribution in [0, 0.1) is 11.3 Å². The smallest absolute Gasteiger partial charge is 0.137 e. The summed E-state index contributed by atoms with van der Waals surface area (Å²) in [6.45, 7) is 4.71. The molecule has 0 aliphatic heterocycles. The van der Waals surface area contributed by atoms with Gasteiger partial charge in [-0.05, 0) is 25.1 Å². The molecule has 0 unspecified atom stereocenters. The van der Waals surface area contributed by atoms with E-state index in [1.807, 2.05) is 22.9 Å². The van der Waals surface area contributed by atoms with Gasteiger partial charge in [-0.3, -0.25) is 4.90 Å². The van der Waals surface area contributed by atoms with Crippen molar-refractivity contribution in [2.75, 3.05) is 19.7 Å². The van der Waals surface area contributed by atoms with E-state index < -0.39 is 0 Å². The summed E-state index contributed by atoms with van der Waals surface area (Å²) in [6.07, 6.45) is 7.19. The molecule has 5 nitrogen and oxygen atoms in total. The lowest BCUT2D eigenvalue weighted by atomic mass is 10.2. The molecular weight excluding hydrogens is 264 g/mol. The maximum absolute atomic E-state index is 9.21. The highest BCUT2D eigenvalue weighted by molar-refractivity contribution is 5.44. The number of aliphatic hydroxyl groups excluding tert-OH is 1. The molecule has 0 atom stereocenters. The fourth-order valence-electron chi connectivity index (χ4n) is 2.44. The number of unbranched alkanes of at least 4 members (excludes halogenated alkanes) is 2. The van der Waals surface area contributed by atoms with Crippen molar-refractivity contribution in [3.05, 3.63) is 35.8 Å². The Balaban J connectivity index is 2.14. The Hall–Kier alpha value is -1.90. The number of pyridine rings is 1. The van der Waals surface area contributed by atoms with Gasteiger partial charge in [0.25, 0.3) is 0 Å². The van der Waals surface area contributed by atoms with Crippen molar-refractivity contribution in [1.29, 1.82) is 5.26 Å². The largest absolute Gasteiger partial charge is 0.395 e. The number of aliphatic hydroxyl groups is 1. The summed E-state index contributed by atoms with van der Waals surface area (Å²) in [5, 5.41) is 18.2. The molecule has 0 aliphatic carbocycles. The molecule has 1 N–H and O–H groups in total. The van der Waals surface area contributed by atoms with E-state index >= 15 is 0 Å². The van der Waals surface area contributed by atoms with Crippen LogP contribution in [0.25, 0.3) is 5.65 Å². The van der Waals surface area contributed by atoms with Crippen molar-refractivity contribution in [3.63, 3.8) is 0 Å². The van der Waals surface area contributed by atoms with E-state index in [1.54, 1.807) is 6.07 Å². The first-order valence-electron chi connectivity index (χ1n) is 7.47. The maximum atomic E-state index is 9.21. The first kappa shape index (κ1) is 15.5. The third kappa shape index (κ3) is 4.03. The second kappa shape index (κ2) is 7.77. The first-order chi connectivity index (χ1) is 10.3. The van der Waals surface area contributed by atoms with Crippen LogP contribution in [-0.2, 0) is 6.54 Å². The Morgan fingerprint density at radius 2 is 2.19 bits per heavy atom. The van der Waals surface area contributed by atoms with Crippen LogP contribution >= 0.6 is 0 Å². The third-order valence-corrected chi connectivity index (χ3v) is 3.59. The van der Waals surface area contributed by atoms with Gasteiger partial charge >= 0.3 is 0 Å². The zero-order chi connectivity index (χ0) is 15.1. The van der Waals surface area contributed by atoms with Crippen LogP contribution in [0.3, 0.4) is 0 Å². The molecule has 0 bridgehead atoms. The van der Waals surface area contributed by atoms with E-state index in [4.69, 9.17) is 5.26 Å². The first-order valence-corrected chi connectivity index (χ1v) is 7.47. The minimum absolute atomic E-state index is 0.159. The second-order valence-corrected chi connectivity index (χ2v) is 5.21. The molecule has 0 fully saturated rings. The van der Waals surface area contributed by atoms with E-state index in [0.29, 0.717) is 12.1 Å². The van der Waals surface area contributed by atoms with E-state index in [1.165, 1.54) is 12.8 Å². The van der Waals surface area contributed by atoms with Crippen molar-refractivity contribution < 1.29 is 5.11 Å². The predicted molar refractivity (Wildman–Crippen MR) is 81.8 cm³/mol. The molecule has 21 heavy (non-hydrogen) atoms. The zero-order valence-electron chi connectivity index (χ0n) is 12.5. The molecule has 2 aromatic heterocycles. The highest BCUT2D eigenvalue weighted by Gasteiger charge is 2.10. The monoisotopic (exact) mass is 286 g/mol.